The smallest absolute Gasteiger partial charge is 0.416 e. The molecule has 132 valence electrons. The molecule has 0 amide bonds. The van der Waals surface area contributed by atoms with Crippen LogP contribution in [0.4, 0.5) is 24.5 Å². The van der Waals surface area contributed by atoms with Gasteiger partial charge in [-0.05, 0) is 49.2 Å². The zero-order chi connectivity index (χ0) is 17.4. The Kier molecular flexibility index (Phi) is 4.29. The molecular weight excluding hydrogens is 351 g/mol. The highest BCUT2D eigenvalue weighted by Gasteiger charge is 2.31. The van der Waals surface area contributed by atoms with Gasteiger partial charge >= 0.3 is 6.18 Å². The first kappa shape index (κ1) is 16.6. The minimum atomic E-state index is -4.35. The summed E-state index contributed by atoms with van der Waals surface area (Å²) in [6.45, 7) is 0.709. The molecule has 2 aliphatic rings. The number of rotatable bonds is 2. The van der Waals surface area contributed by atoms with Crippen LogP contribution in [0.3, 0.4) is 0 Å². The summed E-state index contributed by atoms with van der Waals surface area (Å²) in [6.07, 6.45) is -1.57. The molecule has 0 radical (unpaired) electrons. The van der Waals surface area contributed by atoms with Gasteiger partial charge in [-0.3, -0.25) is 0 Å². The molecule has 1 atom stereocenters. The third-order valence-corrected chi connectivity index (χ3v) is 5.29. The predicted molar refractivity (Wildman–Crippen MR) is 89.5 cm³/mol. The first-order chi connectivity index (χ1) is 12.0. The molecule has 1 saturated heterocycles. The lowest BCUT2D eigenvalue weighted by Gasteiger charge is -2.25. The third-order valence-electron chi connectivity index (χ3n) is 4.15. The van der Waals surface area contributed by atoms with E-state index in [1.165, 1.54) is 17.8 Å². The second-order valence-corrected chi connectivity index (χ2v) is 7.09. The van der Waals surface area contributed by atoms with Crippen molar-refractivity contribution >= 4 is 23.1 Å². The van der Waals surface area contributed by atoms with Crippen LogP contribution in [-0.4, -0.2) is 12.9 Å². The topological polar surface area (TPSA) is 30.5 Å². The van der Waals surface area contributed by atoms with Crippen molar-refractivity contribution in [2.75, 3.05) is 11.9 Å². The summed E-state index contributed by atoms with van der Waals surface area (Å²) in [5, 5.41) is 3.08. The largest absolute Gasteiger partial charge is 0.465 e. The summed E-state index contributed by atoms with van der Waals surface area (Å²) < 4.78 is 50.0. The zero-order valence-corrected chi connectivity index (χ0v) is 14.0. The molecule has 0 aromatic heterocycles. The van der Waals surface area contributed by atoms with Crippen molar-refractivity contribution in [3.8, 4) is 5.75 Å². The van der Waals surface area contributed by atoms with Crippen LogP contribution in [0.15, 0.2) is 46.2 Å². The number of fused-ring (bicyclic) bond motifs is 2. The van der Waals surface area contributed by atoms with Gasteiger partial charge in [0, 0.05) is 16.2 Å². The minimum Gasteiger partial charge on any atom is -0.465 e. The van der Waals surface area contributed by atoms with E-state index in [-0.39, 0.29) is 6.29 Å². The van der Waals surface area contributed by atoms with Crippen molar-refractivity contribution in [2.24, 2.45) is 0 Å². The molecule has 0 saturated carbocycles. The van der Waals surface area contributed by atoms with Crippen molar-refractivity contribution in [3.63, 3.8) is 0 Å². The highest BCUT2D eigenvalue weighted by Crippen LogP contribution is 2.47. The number of halogens is 3. The second kappa shape index (κ2) is 6.46. The van der Waals surface area contributed by atoms with E-state index in [9.17, 15) is 13.2 Å². The van der Waals surface area contributed by atoms with E-state index >= 15 is 0 Å². The van der Waals surface area contributed by atoms with Gasteiger partial charge in [0.25, 0.3) is 0 Å². The fourth-order valence-electron chi connectivity index (χ4n) is 2.88. The molecule has 0 aliphatic carbocycles. The fraction of sp³-hybridized carbons (Fsp3) is 0.333. The maximum Gasteiger partial charge on any atom is 0.416 e. The van der Waals surface area contributed by atoms with Gasteiger partial charge in [0.15, 0.2) is 6.29 Å². The number of benzene rings is 2. The van der Waals surface area contributed by atoms with E-state index in [4.69, 9.17) is 9.47 Å². The van der Waals surface area contributed by atoms with E-state index < -0.39 is 11.7 Å². The molecule has 0 bridgehead atoms. The molecule has 7 heteroatoms. The van der Waals surface area contributed by atoms with Crippen molar-refractivity contribution < 1.29 is 22.6 Å². The van der Waals surface area contributed by atoms with Gasteiger partial charge in [-0.15, -0.1) is 0 Å². The Morgan fingerprint density at radius 2 is 1.92 bits per heavy atom. The molecule has 1 N–H and O–H groups in total. The lowest BCUT2D eigenvalue weighted by atomic mass is 10.1. The molecule has 1 fully saturated rings. The van der Waals surface area contributed by atoms with Crippen molar-refractivity contribution in [1.29, 1.82) is 0 Å². The van der Waals surface area contributed by atoms with Gasteiger partial charge < -0.3 is 14.8 Å². The Labute approximate surface area is 147 Å². The molecule has 1 unspecified atom stereocenters. The Bertz CT molecular complexity index is 788. The molecule has 0 spiro atoms. The van der Waals surface area contributed by atoms with E-state index in [1.807, 2.05) is 18.2 Å². The summed E-state index contributed by atoms with van der Waals surface area (Å²) >= 11 is 1.43. The van der Waals surface area contributed by atoms with Crippen LogP contribution in [-0.2, 0) is 10.9 Å². The Hall–Kier alpha value is -1.86. The highest BCUT2D eigenvalue weighted by molar-refractivity contribution is 7.99. The number of anilines is 2. The zero-order valence-electron chi connectivity index (χ0n) is 13.2. The Morgan fingerprint density at radius 3 is 2.68 bits per heavy atom. The molecule has 3 nitrogen and oxygen atoms in total. The van der Waals surface area contributed by atoms with Gasteiger partial charge in [0.05, 0.1) is 23.5 Å². The quantitative estimate of drug-likeness (QED) is 0.618. The summed E-state index contributed by atoms with van der Waals surface area (Å²) in [5.74, 6) is 0.704. The second-order valence-electron chi connectivity index (χ2n) is 6.01. The first-order valence-electron chi connectivity index (χ1n) is 8.07. The number of hydrogen-bond donors (Lipinski definition) is 1. The van der Waals surface area contributed by atoms with Crippen LogP contribution in [0.1, 0.15) is 24.8 Å². The average Bonchev–Trinajstić information content (AvgIpc) is 2.59. The lowest BCUT2D eigenvalue weighted by Crippen LogP contribution is -2.25. The van der Waals surface area contributed by atoms with Gasteiger partial charge in [0.1, 0.15) is 5.75 Å². The molecule has 2 aliphatic heterocycles. The Morgan fingerprint density at radius 1 is 1.04 bits per heavy atom. The molecule has 2 heterocycles. The van der Waals surface area contributed by atoms with Crippen LogP contribution >= 0.6 is 11.8 Å². The molecule has 4 rings (SSSR count). The fourth-order valence-corrected chi connectivity index (χ4v) is 3.87. The number of alkyl halides is 3. The van der Waals surface area contributed by atoms with E-state index in [2.05, 4.69) is 5.32 Å². The standard InChI is InChI=1S/C18H16F3NO2S/c19-18(20,21)11-4-7-15-14(9-11)22-13-6-5-12(10-16(13)25-15)24-17-3-1-2-8-23-17/h4-7,9-10,17,22H,1-3,8H2. The lowest BCUT2D eigenvalue weighted by molar-refractivity contribution is -0.137. The van der Waals surface area contributed by atoms with Crippen LogP contribution in [0.25, 0.3) is 0 Å². The summed E-state index contributed by atoms with van der Waals surface area (Å²) in [4.78, 5) is 1.67. The van der Waals surface area contributed by atoms with E-state index in [1.54, 1.807) is 0 Å². The normalized spacial score (nSPS) is 19.6. The molecule has 2 aromatic carbocycles. The molecule has 2 aromatic rings. The van der Waals surface area contributed by atoms with Crippen molar-refractivity contribution in [3.05, 3.63) is 42.0 Å². The number of hydrogen-bond acceptors (Lipinski definition) is 4. The van der Waals surface area contributed by atoms with E-state index in [0.29, 0.717) is 18.0 Å². The van der Waals surface area contributed by atoms with E-state index in [0.717, 1.165) is 46.9 Å². The van der Waals surface area contributed by atoms with Crippen molar-refractivity contribution in [2.45, 2.75) is 41.5 Å². The SMILES string of the molecule is FC(F)(F)c1ccc2c(c1)Nc1ccc(OC3CCCCO3)cc1S2. The summed E-state index contributed by atoms with van der Waals surface area (Å²) in [7, 11) is 0. The van der Waals surface area contributed by atoms with Gasteiger partial charge in [-0.2, -0.15) is 13.2 Å². The molecule has 25 heavy (non-hydrogen) atoms. The van der Waals surface area contributed by atoms with Crippen molar-refractivity contribution in [1.82, 2.24) is 0 Å². The van der Waals surface area contributed by atoms with Crippen LogP contribution in [0, 0.1) is 0 Å². The van der Waals surface area contributed by atoms with Crippen LogP contribution < -0.4 is 10.1 Å². The maximum atomic E-state index is 12.9. The minimum absolute atomic E-state index is 0.227. The van der Waals surface area contributed by atoms with Gasteiger partial charge in [-0.25, -0.2) is 0 Å². The average molecular weight is 367 g/mol. The number of nitrogens with one attached hydrogen (secondary N) is 1. The highest BCUT2D eigenvalue weighted by atomic mass is 32.2. The predicted octanol–water partition coefficient (Wildman–Crippen LogP) is 5.82. The first-order valence-corrected chi connectivity index (χ1v) is 8.89. The Balaban J connectivity index is 1.55. The van der Waals surface area contributed by atoms with Gasteiger partial charge in [0.2, 0.25) is 0 Å². The summed E-state index contributed by atoms with van der Waals surface area (Å²) in [5.41, 5.74) is 0.586. The number of ether oxygens (including phenoxy) is 2. The third kappa shape index (κ3) is 3.57. The maximum absolute atomic E-state index is 12.9. The van der Waals surface area contributed by atoms with Crippen LogP contribution in [0.5, 0.6) is 5.75 Å². The van der Waals surface area contributed by atoms with Gasteiger partial charge in [-0.1, -0.05) is 11.8 Å². The summed E-state index contributed by atoms with van der Waals surface area (Å²) in [6, 6.07) is 9.27. The van der Waals surface area contributed by atoms with Crippen LogP contribution in [0.2, 0.25) is 0 Å². The monoisotopic (exact) mass is 367 g/mol. The molecular formula is C18H16F3NO2S.